The summed E-state index contributed by atoms with van der Waals surface area (Å²) in [7, 11) is 3.42. The van der Waals surface area contributed by atoms with Crippen molar-refractivity contribution >= 4 is 29.3 Å². The van der Waals surface area contributed by atoms with Gasteiger partial charge in [0.15, 0.2) is 0 Å². The second-order valence-corrected chi connectivity index (χ2v) is 7.20. The molecule has 1 heterocycles. The number of benzene rings is 2. The molecule has 0 aliphatic carbocycles. The van der Waals surface area contributed by atoms with Gasteiger partial charge in [0, 0.05) is 24.7 Å². The third-order valence-electron chi connectivity index (χ3n) is 4.09. The Hall–Kier alpha value is -2.27. The van der Waals surface area contributed by atoms with Gasteiger partial charge in [-0.2, -0.15) is 0 Å². The van der Waals surface area contributed by atoms with Gasteiger partial charge in [0.2, 0.25) is 5.91 Å². The third kappa shape index (κ3) is 3.17. The quantitative estimate of drug-likeness (QED) is 0.930. The molecule has 5 heteroatoms. The number of anilines is 1. The molecule has 0 spiro atoms. The van der Waals surface area contributed by atoms with E-state index in [1.807, 2.05) is 43.3 Å². The lowest BCUT2D eigenvalue weighted by atomic mass is 10.00. The van der Waals surface area contributed by atoms with Gasteiger partial charge in [0.1, 0.15) is 0 Å². The van der Waals surface area contributed by atoms with E-state index in [2.05, 4.69) is 5.32 Å². The van der Waals surface area contributed by atoms with Gasteiger partial charge in [-0.3, -0.25) is 9.59 Å². The molecule has 0 saturated heterocycles. The van der Waals surface area contributed by atoms with Crippen LogP contribution in [0.4, 0.5) is 5.69 Å². The molecule has 24 heavy (non-hydrogen) atoms. The summed E-state index contributed by atoms with van der Waals surface area (Å²) in [4.78, 5) is 27.8. The maximum atomic E-state index is 12.8. The predicted octanol–water partition coefficient (Wildman–Crippen LogP) is 3.52. The summed E-state index contributed by atoms with van der Waals surface area (Å²) in [5.41, 5.74) is 3.14. The molecular weight excluding hydrogens is 320 g/mol. The highest BCUT2D eigenvalue weighted by molar-refractivity contribution is 7.99. The van der Waals surface area contributed by atoms with Crippen molar-refractivity contribution in [3.8, 4) is 0 Å². The van der Waals surface area contributed by atoms with Gasteiger partial charge in [-0.05, 0) is 30.7 Å². The van der Waals surface area contributed by atoms with Crippen molar-refractivity contribution in [2.75, 3.05) is 25.2 Å². The van der Waals surface area contributed by atoms with Gasteiger partial charge in [0.05, 0.1) is 17.2 Å². The zero-order valence-corrected chi connectivity index (χ0v) is 14.8. The Morgan fingerprint density at radius 2 is 1.92 bits per heavy atom. The van der Waals surface area contributed by atoms with E-state index >= 15 is 0 Å². The third-order valence-corrected chi connectivity index (χ3v) is 5.27. The lowest BCUT2D eigenvalue weighted by Gasteiger charge is -2.17. The predicted molar refractivity (Wildman–Crippen MR) is 97.7 cm³/mol. The van der Waals surface area contributed by atoms with Gasteiger partial charge >= 0.3 is 0 Å². The average Bonchev–Trinajstić information content (AvgIpc) is 2.99. The first-order valence-corrected chi connectivity index (χ1v) is 8.81. The summed E-state index contributed by atoms with van der Waals surface area (Å²) in [6, 6.07) is 13.5. The van der Waals surface area contributed by atoms with E-state index in [4.69, 9.17) is 0 Å². The molecule has 1 aliphatic rings. The van der Waals surface area contributed by atoms with Crippen molar-refractivity contribution in [3.63, 3.8) is 0 Å². The number of nitrogens with one attached hydrogen (secondary N) is 1. The van der Waals surface area contributed by atoms with E-state index in [-0.39, 0.29) is 17.7 Å². The number of hydrogen-bond acceptors (Lipinski definition) is 3. The minimum atomic E-state index is -0.185. The van der Waals surface area contributed by atoms with Crippen LogP contribution in [0.2, 0.25) is 0 Å². The molecule has 0 saturated carbocycles. The van der Waals surface area contributed by atoms with E-state index in [9.17, 15) is 9.59 Å². The van der Waals surface area contributed by atoms with Crippen LogP contribution in [0.3, 0.4) is 0 Å². The van der Waals surface area contributed by atoms with Gasteiger partial charge < -0.3 is 10.2 Å². The fourth-order valence-corrected chi connectivity index (χ4v) is 4.01. The number of amides is 2. The smallest absolute Gasteiger partial charge is 0.255 e. The summed E-state index contributed by atoms with van der Waals surface area (Å²) >= 11 is 1.70. The first-order valence-electron chi connectivity index (χ1n) is 7.82. The number of carbonyl (C=O) groups excluding carboxylic acids is 2. The molecule has 0 fully saturated rings. The second kappa shape index (κ2) is 6.69. The largest absolute Gasteiger partial charge is 0.345 e. The van der Waals surface area contributed by atoms with Crippen molar-refractivity contribution in [2.45, 2.75) is 17.7 Å². The number of fused-ring (bicyclic) bond motifs is 1. The molecule has 1 aliphatic heterocycles. The number of rotatable bonds is 3. The molecule has 1 N–H and O–H groups in total. The Kier molecular flexibility index (Phi) is 4.62. The first-order chi connectivity index (χ1) is 11.5. The minimum Gasteiger partial charge on any atom is -0.345 e. The number of nitrogens with zero attached hydrogens (tertiary/aromatic N) is 1. The molecule has 4 nitrogen and oxygen atoms in total. The first kappa shape index (κ1) is 16.6. The maximum absolute atomic E-state index is 12.8. The fraction of sp³-hybridized carbons (Fsp3) is 0.263. The Balaban J connectivity index is 1.87. The highest BCUT2D eigenvalue weighted by Crippen LogP contribution is 2.39. The highest BCUT2D eigenvalue weighted by Gasteiger charge is 2.29. The van der Waals surface area contributed by atoms with Crippen molar-refractivity contribution in [1.29, 1.82) is 0 Å². The van der Waals surface area contributed by atoms with Crippen LogP contribution in [0.1, 0.15) is 27.4 Å². The molecule has 0 radical (unpaired) electrons. The maximum Gasteiger partial charge on any atom is 0.255 e. The molecule has 0 unspecified atom stereocenters. The summed E-state index contributed by atoms with van der Waals surface area (Å²) in [6.45, 7) is 1.93. The highest BCUT2D eigenvalue weighted by atomic mass is 32.2. The van der Waals surface area contributed by atoms with Crippen molar-refractivity contribution < 1.29 is 9.59 Å². The molecule has 2 amide bonds. The number of aryl methyl sites for hydroxylation is 1. The standard InChI is InChI=1S/C19H20N2O2S/c1-12-8-9-16(14(10-12)19(23)21(2)3)20-18(22)15-11-24-17-7-5-4-6-13(15)17/h4-10,15H,11H2,1-3H3,(H,20,22)/t15-/m1/s1. The number of carbonyl (C=O) groups is 2. The SMILES string of the molecule is Cc1ccc(NC(=O)[C@@H]2CSc3ccccc32)c(C(=O)N(C)C)c1. The van der Waals surface area contributed by atoms with E-state index < -0.39 is 0 Å². The van der Waals surface area contributed by atoms with Gasteiger partial charge in [-0.1, -0.05) is 29.8 Å². The van der Waals surface area contributed by atoms with Crippen molar-refractivity contribution in [1.82, 2.24) is 4.90 Å². The van der Waals surface area contributed by atoms with Crippen LogP contribution in [0.15, 0.2) is 47.4 Å². The van der Waals surface area contributed by atoms with E-state index in [0.29, 0.717) is 11.3 Å². The van der Waals surface area contributed by atoms with E-state index in [0.717, 1.165) is 21.8 Å². The van der Waals surface area contributed by atoms with Crippen LogP contribution in [-0.4, -0.2) is 36.6 Å². The monoisotopic (exact) mass is 340 g/mol. The summed E-state index contributed by atoms with van der Waals surface area (Å²) < 4.78 is 0. The molecule has 1 atom stereocenters. The lowest BCUT2D eigenvalue weighted by molar-refractivity contribution is -0.117. The normalized spacial score (nSPS) is 15.7. The van der Waals surface area contributed by atoms with E-state index in [1.165, 1.54) is 4.90 Å². The Labute approximate surface area is 146 Å². The summed E-state index contributed by atoms with van der Waals surface area (Å²) in [5.74, 6) is 0.364. The summed E-state index contributed by atoms with van der Waals surface area (Å²) in [6.07, 6.45) is 0. The lowest BCUT2D eigenvalue weighted by Crippen LogP contribution is -2.26. The molecule has 2 aromatic carbocycles. The molecular formula is C19H20N2O2S. The average molecular weight is 340 g/mol. The Morgan fingerprint density at radius 1 is 1.17 bits per heavy atom. The minimum absolute atomic E-state index is 0.0656. The van der Waals surface area contributed by atoms with Crippen molar-refractivity contribution in [2.24, 2.45) is 0 Å². The molecule has 3 rings (SSSR count). The molecule has 0 aromatic heterocycles. The van der Waals surface area contributed by atoms with Crippen LogP contribution in [0.25, 0.3) is 0 Å². The van der Waals surface area contributed by atoms with Crippen LogP contribution in [0.5, 0.6) is 0 Å². The van der Waals surface area contributed by atoms with Crippen LogP contribution < -0.4 is 5.32 Å². The number of hydrogen-bond donors (Lipinski definition) is 1. The van der Waals surface area contributed by atoms with Gasteiger partial charge in [0.25, 0.3) is 5.91 Å². The number of thioether (sulfide) groups is 1. The zero-order chi connectivity index (χ0) is 17.3. The van der Waals surface area contributed by atoms with Crippen molar-refractivity contribution in [3.05, 3.63) is 59.2 Å². The summed E-state index contributed by atoms with van der Waals surface area (Å²) in [5, 5.41) is 2.96. The molecule has 124 valence electrons. The van der Waals surface area contributed by atoms with Crippen LogP contribution in [-0.2, 0) is 4.79 Å². The Bertz CT molecular complexity index is 802. The Morgan fingerprint density at radius 3 is 2.67 bits per heavy atom. The van der Waals surface area contributed by atoms with Gasteiger partial charge in [-0.25, -0.2) is 0 Å². The molecule has 2 aromatic rings. The van der Waals surface area contributed by atoms with Crippen LogP contribution >= 0.6 is 11.8 Å². The second-order valence-electron chi connectivity index (χ2n) is 6.14. The van der Waals surface area contributed by atoms with Crippen LogP contribution in [0, 0.1) is 6.92 Å². The topological polar surface area (TPSA) is 49.4 Å². The van der Waals surface area contributed by atoms with Gasteiger partial charge in [-0.15, -0.1) is 11.8 Å². The fourth-order valence-electron chi connectivity index (χ4n) is 2.78. The zero-order valence-electron chi connectivity index (χ0n) is 14.0. The molecule has 0 bridgehead atoms. The van der Waals surface area contributed by atoms with E-state index in [1.54, 1.807) is 31.9 Å².